The van der Waals surface area contributed by atoms with Gasteiger partial charge in [-0.1, -0.05) is 6.07 Å². The third kappa shape index (κ3) is 2.08. The molecule has 5 rings (SSSR count). The Morgan fingerprint density at radius 2 is 1.81 bits per heavy atom. The maximum atomic E-state index is 12.9. The molecule has 0 fully saturated rings. The van der Waals surface area contributed by atoms with Crippen molar-refractivity contribution in [2.24, 2.45) is 0 Å². The van der Waals surface area contributed by atoms with Crippen LogP contribution < -0.4 is 9.47 Å². The van der Waals surface area contributed by atoms with Gasteiger partial charge in [-0.3, -0.25) is 4.79 Å². The van der Waals surface area contributed by atoms with Gasteiger partial charge in [-0.15, -0.1) is 0 Å². The molecule has 1 aromatic heterocycles. The molecule has 5 heteroatoms. The zero-order valence-electron chi connectivity index (χ0n) is 15.8. The highest BCUT2D eigenvalue weighted by Crippen LogP contribution is 2.47. The highest BCUT2D eigenvalue weighted by molar-refractivity contribution is 5.90. The Labute approximate surface area is 157 Å². The number of nitrogens with zero attached hydrogens (tertiary/aromatic N) is 1. The Hall–Kier alpha value is -2.95. The molecule has 2 aliphatic heterocycles. The monoisotopic (exact) mass is 362 g/mol. The van der Waals surface area contributed by atoms with E-state index in [4.69, 9.17) is 9.47 Å². The zero-order valence-corrected chi connectivity index (χ0v) is 15.8. The number of H-pyrrole nitrogens is 1. The van der Waals surface area contributed by atoms with E-state index in [-0.39, 0.29) is 5.91 Å². The standard InChI is InChI=1S/C22H22N2O3/c1-22-18-12-15(27-3)5-4-13(18)10-20(25)24(22)9-8-16-17-11-14(26-2)6-7-19(17)23-21(16)22/h4-7,11-12,23H,8-10H2,1-3H3. The molecular formula is C22H22N2O3. The van der Waals surface area contributed by atoms with Crippen molar-refractivity contribution < 1.29 is 14.3 Å². The minimum absolute atomic E-state index is 0.178. The molecule has 27 heavy (non-hydrogen) atoms. The van der Waals surface area contributed by atoms with Gasteiger partial charge in [-0.2, -0.15) is 0 Å². The van der Waals surface area contributed by atoms with Gasteiger partial charge in [0.2, 0.25) is 5.91 Å². The fourth-order valence-corrected chi connectivity index (χ4v) is 4.81. The van der Waals surface area contributed by atoms with Crippen LogP contribution in [0.25, 0.3) is 10.9 Å². The fraction of sp³-hybridized carbons (Fsp3) is 0.318. The quantitative estimate of drug-likeness (QED) is 0.760. The van der Waals surface area contributed by atoms with Gasteiger partial charge in [0.1, 0.15) is 17.0 Å². The predicted octanol–water partition coefficient (Wildman–Crippen LogP) is 3.39. The first-order chi connectivity index (χ1) is 13.1. The van der Waals surface area contributed by atoms with E-state index in [1.54, 1.807) is 14.2 Å². The topological polar surface area (TPSA) is 54.6 Å². The van der Waals surface area contributed by atoms with Crippen molar-refractivity contribution in [3.8, 4) is 11.5 Å². The van der Waals surface area contributed by atoms with Crippen molar-refractivity contribution >= 4 is 16.8 Å². The molecule has 0 saturated carbocycles. The summed E-state index contributed by atoms with van der Waals surface area (Å²) in [5.41, 5.74) is 5.13. The molecule has 3 heterocycles. The van der Waals surface area contributed by atoms with Crippen molar-refractivity contribution in [2.75, 3.05) is 20.8 Å². The lowest BCUT2D eigenvalue weighted by Gasteiger charge is -2.48. The molecule has 1 unspecified atom stereocenters. The molecule has 0 radical (unpaired) electrons. The number of nitrogens with one attached hydrogen (secondary N) is 1. The van der Waals surface area contributed by atoms with Gasteiger partial charge in [0.05, 0.1) is 20.6 Å². The molecule has 1 amide bonds. The SMILES string of the molecule is COc1ccc2c(c1)C1(C)c3[nH]c4ccc(OC)cc4c3CCN1C(=O)C2. The number of rotatable bonds is 2. The Morgan fingerprint density at radius 1 is 1.07 bits per heavy atom. The fourth-order valence-electron chi connectivity index (χ4n) is 4.81. The van der Waals surface area contributed by atoms with E-state index in [1.807, 2.05) is 23.1 Å². The summed E-state index contributed by atoms with van der Waals surface area (Å²) in [4.78, 5) is 18.6. The van der Waals surface area contributed by atoms with E-state index in [0.717, 1.165) is 40.3 Å². The number of benzene rings is 2. The van der Waals surface area contributed by atoms with Gasteiger partial charge in [0.25, 0.3) is 0 Å². The van der Waals surface area contributed by atoms with Crippen LogP contribution in [0.15, 0.2) is 36.4 Å². The molecule has 2 aromatic carbocycles. The summed E-state index contributed by atoms with van der Waals surface area (Å²) < 4.78 is 10.9. The maximum absolute atomic E-state index is 12.9. The third-order valence-corrected chi connectivity index (χ3v) is 6.21. The van der Waals surface area contributed by atoms with Crippen LogP contribution in [-0.4, -0.2) is 36.6 Å². The summed E-state index contributed by atoms with van der Waals surface area (Å²) in [7, 11) is 3.36. The Bertz CT molecular complexity index is 1080. The van der Waals surface area contributed by atoms with Crippen LogP contribution in [0.3, 0.4) is 0 Å². The number of carbonyl (C=O) groups is 1. The summed E-state index contributed by atoms with van der Waals surface area (Å²) >= 11 is 0. The molecule has 0 bridgehead atoms. The molecule has 1 N–H and O–H groups in total. The van der Waals surface area contributed by atoms with Crippen LogP contribution in [0.5, 0.6) is 11.5 Å². The normalized spacial score (nSPS) is 20.9. The Balaban J connectivity index is 1.81. The summed E-state index contributed by atoms with van der Waals surface area (Å²) in [6.07, 6.45) is 1.28. The number of fused-ring (bicyclic) bond motifs is 7. The molecule has 2 aliphatic rings. The first-order valence-electron chi connectivity index (χ1n) is 9.23. The number of aromatic amines is 1. The number of amides is 1. The van der Waals surface area contributed by atoms with E-state index in [9.17, 15) is 4.79 Å². The molecule has 138 valence electrons. The summed E-state index contributed by atoms with van der Waals surface area (Å²) in [5, 5.41) is 1.17. The van der Waals surface area contributed by atoms with Gasteiger partial charge >= 0.3 is 0 Å². The number of methoxy groups -OCH3 is 2. The van der Waals surface area contributed by atoms with E-state index < -0.39 is 5.54 Å². The Morgan fingerprint density at radius 3 is 2.59 bits per heavy atom. The first kappa shape index (κ1) is 16.2. The number of hydrogen-bond acceptors (Lipinski definition) is 3. The van der Waals surface area contributed by atoms with E-state index in [2.05, 4.69) is 30.1 Å². The van der Waals surface area contributed by atoms with Crippen LogP contribution >= 0.6 is 0 Å². The molecular weight excluding hydrogens is 340 g/mol. The molecule has 1 atom stereocenters. The summed E-state index contributed by atoms with van der Waals surface area (Å²) in [6.45, 7) is 2.86. The van der Waals surface area contributed by atoms with E-state index in [0.29, 0.717) is 13.0 Å². The first-order valence-corrected chi connectivity index (χ1v) is 9.23. The lowest BCUT2D eigenvalue weighted by molar-refractivity contribution is -0.137. The van der Waals surface area contributed by atoms with Crippen LogP contribution in [0, 0.1) is 0 Å². The number of carbonyl (C=O) groups excluding carboxylic acids is 1. The summed E-state index contributed by atoms with van der Waals surface area (Å²) in [5.74, 6) is 1.84. The predicted molar refractivity (Wildman–Crippen MR) is 103 cm³/mol. The number of aromatic nitrogens is 1. The van der Waals surface area contributed by atoms with Crippen LogP contribution in [0.4, 0.5) is 0 Å². The second kappa shape index (κ2) is 5.52. The maximum Gasteiger partial charge on any atom is 0.228 e. The van der Waals surface area contributed by atoms with Crippen LogP contribution in [-0.2, 0) is 23.2 Å². The minimum atomic E-state index is -0.529. The van der Waals surface area contributed by atoms with Gasteiger partial charge in [0, 0.05) is 23.1 Å². The number of ether oxygens (including phenoxy) is 2. The van der Waals surface area contributed by atoms with Gasteiger partial charge in [0.15, 0.2) is 0 Å². The minimum Gasteiger partial charge on any atom is -0.497 e. The number of hydrogen-bond donors (Lipinski definition) is 1. The van der Waals surface area contributed by atoms with Gasteiger partial charge in [-0.05, 0) is 60.4 Å². The van der Waals surface area contributed by atoms with Crippen LogP contribution in [0.1, 0.15) is 29.3 Å². The van der Waals surface area contributed by atoms with E-state index >= 15 is 0 Å². The molecule has 0 spiro atoms. The largest absolute Gasteiger partial charge is 0.497 e. The lowest BCUT2D eigenvalue weighted by atomic mass is 9.75. The van der Waals surface area contributed by atoms with E-state index in [1.165, 1.54) is 10.9 Å². The Kier molecular flexibility index (Phi) is 3.32. The highest BCUT2D eigenvalue weighted by Gasteiger charge is 2.48. The average molecular weight is 362 g/mol. The zero-order chi connectivity index (χ0) is 18.8. The second-order valence-electron chi connectivity index (χ2n) is 7.46. The van der Waals surface area contributed by atoms with Crippen molar-refractivity contribution in [1.29, 1.82) is 0 Å². The molecule has 0 saturated heterocycles. The van der Waals surface area contributed by atoms with Gasteiger partial charge in [-0.25, -0.2) is 0 Å². The summed E-state index contributed by atoms with van der Waals surface area (Å²) in [6, 6.07) is 12.1. The van der Waals surface area contributed by atoms with Crippen molar-refractivity contribution in [3.05, 3.63) is 58.8 Å². The smallest absolute Gasteiger partial charge is 0.228 e. The highest BCUT2D eigenvalue weighted by atomic mass is 16.5. The molecule has 0 aliphatic carbocycles. The van der Waals surface area contributed by atoms with Crippen molar-refractivity contribution in [2.45, 2.75) is 25.3 Å². The van der Waals surface area contributed by atoms with Crippen molar-refractivity contribution in [3.63, 3.8) is 0 Å². The molecule has 3 aromatic rings. The average Bonchev–Trinajstić information content (AvgIpc) is 3.07. The van der Waals surface area contributed by atoms with Crippen molar-refractivity contribution in [1.82, 2.24) is 9.88 Å². The third-order valence-electron chi connectivity index (χ3n) is 6.21. The second-order valence-corrected chi connectivity index (χ2v) is 7.46. The lowest BCUT2D eigenvalue weighted by Crippen LogP contribution is -2.56. The van der Waals surface area contributed by atoms with Gasteiger partial charge < -0.3 is 19.4 Å². The van der Waals surface area contributed by atoms with Crippen LogP contribution in [0.2, 0.25) is 0 Å². The molecule has 5 nitrogen and oxygen atoms in total.